The Kier molecular flexibility index (Phi) is 8.03. The number of aliphatic hydroxyl groups is 1. The zero-order valence-corrected chi connectivity index (χ0v) is 25.8. The van der Waals surface area contributed by atoms with Gasteiger partial charge in [0.05, 0.1) is 25.1 Å². The van der Waals surface area contributed by atoms with E-state index in [0.717, 1.165) is 55.5 Å². The molecule has 1 saturated heterocycles. The van der Waals surface area contributed by atoms with Crippen LogP contribution in [0.4, 0.5) is 17.3 Å². The predicted octanol–water partition coefficient (Wildman–Crippen LogP) is 3.64. The van der Waals surface area contributed by atoms with E-state index in [-0.39, 0.29) is 24.6 Å². The Morgan fingerprint density at radius 1 is 1.16 bits per heavy atom. The van der Waals surface area contributed by atoms with E-state index < -0.39 is 15.7 Å². The first-order valence-electron chi connectivity index (χ1n) is 14.9. The van der Waals surface area contributed by atoms with Gasteiger partial charge < -0.3 is 15.3 Å². The number of nitrogens with one attached hydrogen (secondary N) is 1. The van der Waals surface area contributed by atoms with Crippen molar-refractivity contribution >= 4 is 38.5 Å². The highest BCUT2D eigenvalue weighted by atomic mass is 32.2. The zero-order chi connectivity index (χ0) is 31.1. The Morgan fingerprint density at radius 3 is 2.59 bits per heavy atom. The lowest BCUT2D eigenvalue weighted by Crippen LogP contribution is -2.35. The maximum atomic E-state index is 13.4. The SMILES string of the molecule is C=CCn1c(=O)c2cnc(Nc3ccc(N4CCC(COS(C)(=O)=O)CC4)cc3)nc2n1-c1ccc2c(n1)[C@@](O)(CC)CC2. The largest absolute Gasteiger partial charge is 0.384 e. The van der Waals surface area contributed by atoms with Crippen molar-refractivity contribution in [1.29, 1.82) is 0 Å². The van der Waals surface area contributed by atoms with E-state index in [0.29, 0.717) is 41.3 Å². The van der Waals surface area contributed by atoms with Crippen molar-refractivity contribution in [2.45, 2.75) is 51.2 Å². The molecule has 3 aromatic heterocycles. The van der Waals surface area contributed by atoms with Crippen molar-refractivity contribution in [2.24, 2.45) is 5.92 Å². The number of hydrogen-bond donors (Lipinski definition) is 2. The van der Waals surface area contributed by atoms with Gasteiger partial charge in [0.15, 0.2) is 11.5 Å². The molecule has 4 heterocycles. The second-order valence-corrected chi connectivity index (χ2v) is 13.2. The van der Waals surface area contributed by atoms with Gasteiger partial charge in [-0.15, -0.1) is 6.58 Å². The van der Waals surface area contributed by atoms with E-state index in [9.17, 15) is 18.3 Å². The molecule has 12 nitrogen and oxygen atoms in total. The van der Waals surface area contributed by atoms with Crippen molar-refractivity contribution in [3.63, 3.8) is 0 Å². The van der Waals surface area contributed by atoms with Gasteiger partial charge in [-0.05, 0) is 73.9 Å². The normalized spacial score (nSPS) is 18.9. The average molecular weight is 620 g/mol. The molecular formula is C31H37N7O5S. The molecule has 0 spiro atoms. The summed E-state index contributed by atoms with van der Waals surface area (Å²) >= 11 is 0. The van der Waals surface area contributed by atoms with Crippen LogP contribution < -0.4 is 15.8 Å². The lowest BCUT2D eigenvalue weighted by atomic mass is 9.97. The van der Waals surface area contributed by atoms with E-state index >= 15 is 0 Å². The Balaban J connectivity index is 1.24. The van der Waals surface area contributed by atoms with Crippen LogP contribution in [0.2, 0.25) is 0 Å². The number of nitrogens with zero attached hydrogens (tertiary/aromatic N) is 6. The van der Waals surface area contributed by atoms with Gasteiger partial charge in [-0.25, -0.2) is 19.3 Å². The highest BCUT2D eigenvalue weighted by molar-refractivity contribution is 7.85. The van der Waals surface area contributed by atoms with E-state index in [2.05, 4.69) is 21.8 Å². The first-order valence-corrected chi connectivity index (χ1v) is 16.7. The molecule has 4 aromatic rings. The number of allylic oxidation sites excluding steroid dienone is 1. The maximum absolute atomic E-state index is 13.4. The molecule has 1 atom stereocenters. The molecule has 0 bridgehead atoms. The molecule has 1 aromatic carbocycles. The maximum Gasteiger partial charge on any atom is 0.278 e. The van der Waals surface area contributed by atoms with Crippen molar-refractivity contribution < 1.29 is 17.7 Å². The molecule has 2 N–H and O–H groups in total. The Hall–Kier alpha value is -4.07. The van der Waals surface area contributed by atoms with Crippen LogP contribution in [-0.2, 0) is 32.9 Å². The first kappa shape index (κ1) is 30.0. The fraction of sp³-hybridized carbons (Fsp3) is 0.419. The van der Waals surface area contributed by atoms with Gasteiger partial charge in [-0.3, -0.25) is 8.98 Å². The second-order valence-electron chi connectivity index (χ2n) is 11.6. The van der Waals surface area contributed by atoms with Crippen molar-refractivity contribution in [3.05, 3.63) is 76.9 Å². The number of hydrogen-bond acceptors (Lipinski definition) is 10. The number of aromatic nitrogens is 5. The predicted molar refractivity (Wildman–Crippen MR) is 169 cm³/mol. The average Bonchev–Trinajstić information content (AvgIpc) is 3.50. The summed E-state index contributed by atoms with van der Waals surface area (Å²) in [6.45, 7) is 7.87. The Bertz CT molecular complexity index is 1860. The van der Waals surface area contributed by atoms with Gasteiger partial charge in [0.1, 0.15) is 11.0 Å². The molecule has 1 aliphatic heterocycles. The topological polar surface area (TPSA) is 144 Å². The van der Waals surface area contributed by atoms with Crippen molar-refractivity contribution in [2.75, 3.05) is 36.2 Å². The van der Waals surface area contributed by atoms with Gasteiger partial charge in [0, 0.05) is 30.7 Å². The number of anilines is 3. The van der Waals surface area contributed by atoms with Crippen LogP contribution in [0.1, 0.15) is 43.9 Å². The van der Waals surface area contributed by atoms with Gasteiger partial charge in [0.2, 0.25) is 5.95 Å². The lowest BCUT2D eigenvalue weighted by molar-refractivity contribution is 0.0306. The highest BCUT2D eigenvalue weighted by Crippen LogP contribution is 2.38. The van der Waals surface area contributed by atoms with E-state index in [1.54, 1.807) is 10.8 Å². The fourth-order valence-corrected chi connectivity index (χ4v) is 6.51. The summed E-state index contributed by atoms with van der Waals surface area (Å²) in [5.41, 5.74) is 2.67. The van der Waals surface area contributed by atoms with Crippen LogP contribution in [0.3, 0.4) is 0 Å². The molecule has 2 aliphatic rings. The van der Waals surface area contributed by atoms with Crippen LogP contribution >= 0.6 is 0 Å². The number of benzene rings is 1. The molecule has 232 valence electrons. The molecule has 1 aliphatic carbocycles. The van der Waals surface area contributed by atoms with Crippen LogP contribution in [0.5, 0.6) is 0 Å². The van der Waals surface area contributed by atoms with Gasteiger partial charge in [0.25, 0.3) is 15.7 Å². The van der Waals surface area contributed by atoms with Gasteiger partial charge in [-0.2, -0.15) is 13.4 Å². The van der Waals surface area contributed by atoms with Crippen LogP contribution in [0.15, 0.2) is 60.0 Å². The van der Waals surface area contributed by atoms with E-state index in [4.69, 9.17) is 14.2 Å². The summed E-state index contributed by atoms with van der Waals surface area (Å²) in [6, 6.07) is 11.8. The molecule has 0 unspecified atom stereocenters. The van der Waals surface area contributed by atoms with Crippen LogP contribution in [0.25, 0.3) is 16.9 Å². The molecule has 0 amide bonds. The molecule has 6 rings (SSSR count). The third-order valence-corrected chi connectivity index (χ3v) is 9.18. The van der Waals surface area contributed by atoms with Crippen molar-refractivity contribution in [3.8, 4) is 5.82 Å². The molecule has 44 heavy (non-hydrogen) atoms. The summed E-state index contributed by atoms with van der Waals surface area (Å²) in [4.78, 5) is 29.6. The standard InChI is InChI=1S/C31H37N7O5S/c1-4-16-37-29(39)25-19-32-30(35-28(25)38(37)26-11-6-22-12-15-31(40,5-2)27(22)34-26)33-23-7-9-24(10-8-23)36-17-13-21(14-18-36)20-43-44(3,41)42/h4,6-11,19,21,40H,1,5,12-18,20H2,2-3H3,(H,32,33,35)/t31-/m1/s1. The van der Waals surface area contributed by atoms with Crippen LogP contribution in [0, 0.1) is 5.92 Å². The number of pyridine rings is 1. The van der Waals surface area contributed by atoms with E-state index in [1.165, 1.54) is 10.9 Å². The van der Waals surface area contributed by atoms with E-state index in [1.807, 2.05) is 43.3 Å². The smallest absolute Gasteiger partial charge is 0.278 e. The minimum atomic E-state index is -3.43. The second kappa shape index (κ2) is 11.8. The third-order valence-electron chi connectivity index (χ3n) is 8.61. The Morgan fingerprint density at radius 2 is 1.91 bits per heavy atom. The minimum absolute atomic E-state index is 0.220. The Labute approximate surface area is 256 Å². The number of aryl methyl sites for hydroxylation is 1. The first-order chi connectivity index (χ1) is 21.1. The number of rotatable bonds is 10. The highest BCUT2D eigenvalue weighted by Gasteiger charge is 2.37. The van der Waals surface area contributed by atoms with Gasteiger partial charge >= 0.3 is 0 Å². The molecular weight excluding hydrogens is 582 g/mol. The van der Waals surface area contributed by atoms with Crippen LogP contribution in [-0.4, -0.2) is 63.8 Å². The molecule has 0 radical (unpaired) electrons. The summed E-state index contributed by atoms with van der Waals surface area (Å²) in [5.74, 6) is 1.04. The quantitative estimate of drug-likeness (QED) is 0.199. The number of piperidine rings is 1. The van der Waals surface area contributed by atoms with Gasteiger partial charge in [-0.1, -0.05) is 19.1 Å². The molecule has 1 fully saturated rings. The monoisotopic (exact) mass is 619 g/mol. The summed E-state index contributed by atoms with van der Waals surface area (Å²) in [7, 11) is -3.43. The summed E-state index contributed by atoms with van der Waals surface area (Å²) in [5, 5.41) is 14.8. The lowest BCUT2D eigenvalue weighted by Gasteiger charge is -2.33. The fourth-order valence-electron chi connectivity index (χ4n) is 6.08. The third kappa shape index (κ3) is 5.86. The van der Waals surface area contributed by atoms with Crippen molar-refractivity contribution in [1.82, 2.24) is 24.3 Å². The number of fused-ring (bicyclic) bond motifs is 2. The zero-order valence-electron chi connectivity index (χ0n) is 24.9. The summed E-state index contributed by atoms with van der Waals surface area (Å²) in [6.07, 6.45) is 7.88. The molecule has 0 saturated carbocycles. The summed E-state index contributed by atoms with van der Waals surface area (Å²) < 4.78 is 30.8. The minimum Gasteiger partial charge on any atom is -0.384 e. The molecule has 13 heteroatoms.